The summed E-state index contributed by atoms with van der Waals surface area (Å²) in [5, 5.41) is 12.2. The molecule has 0 aromatic heterocycles. The van der Waals surface area contributed by atoms with Gasteiger partial charge in [-0.05, 0) is 37.5 Å². The summed E-state index contributed by atoms with van der Waals surface area (Å²) in [4.78, 5) is 12.2. The van der Waals surface area contributed by atoms with Crippen molar-refractivity contribution in [2.24, 2.45) is 10.8 Å². The van der Waals surface area contributed by atoms with Crippen molar-refractivity contribution in [3.63, 3.8) is 0 Å². The summed E-state index contributed by atoms with van der Waals surface area (Å²) < 4.78 is 5.22. The zero-order valence-corrected chi connectivity index (χ0v) is 10.4. The molecule has 4 nitrogen and oxygen atoms in total. The summed E-state index contributed by atoms with van der Waals surface area (Å²) in [5.74, 6) is -0.0944. The fourth-order valence-corrected chi connectivity index (χ4v) is 2.38. The van der Waals surface area contributed by atoms with Gasteiger partial charge in [-0.25, -0.2) is 0 Å². The summed E-state index contributed by atoms with van der Waals surface area (Å²) in [6.45, 7) is 3.92. The van der Waals surface area contributed by atoms with Crippen molar-refractivity contribution in [2.45, 2.75) is 39.0 Å². The average molecular weight is 236 g/mol. The van der Waals surface area contributed by atoms with E-state index in [-0.39, 0.29) is 5.91 Å². The van der Waals surface area contributed by atoms with E-state index in [4.69, 9.17) is 4.74 Å². The quantitative estimate of drug-likeness (QED) is 0.806. The lowest BCUT2D eigenvalue weighted by Crippen LogP contribution is -2.45. The largest absolute Gasteiger partial charge is 0.381 e. The van der Waals surface area contributed by atoms with E-state index >= 15 is 0 Å². The lowest BCUT2D eigenvalue weighted by molar-refractivity contribution is -0.132. The monoisotopic (exact) mass is 236 g/mol. The summed E-state index contributed by atoms with van der Waals surface area (Å²) in [6.07, 6.45) is 4.55. The van der Waals surface area contributed by atoms with Crippen LogP contribution in [0, 0.1) is 22.2 Å². The van der Waals surface area contributed by atoms with Gasteiger partial charge in [-0.1, -0.05) is 6.92 Å². The molecule has 2 aliphatic rings. The van der Waals surface area contributed by atoms with Gasteiger partial charge in [0.1, 0.15) is 5.41 Å². The fourth-order valence-electron chi connectivity index (χ4n) is 2.38. The maximum Gasteiger partial charge on any atom is 0.240 e. The zero-order valence-electron chi connectivity index (χ0n) is 10.4. The Bertz CT molecular complexity index is 336. The molecule has 1 saturated carbocycles. The highest BCUT2D eigenvalue weighted by Gasteiger charge is 2.44. The van der Waals surface area contributed by atoms with Crippen LogP contribution in [-0.2, 0) is 9.53 Å². The standard InChI is InChI=1S/C13H20N2O2/c1-2-12(3-4-12)10-15-11(16)13(9-14)5-7-17-8-6-13/h2-8,10H2,1H3,(H,15,16). The number of nitrogens with one attached hydrogen (secondary N) is 1. The fraction of sp³-hybridized carbons (Fsp3) is 0.846. The summed E-state index contributed by atoms with van der Waals surface area (Å²) in [6, 6.07) is 2.20. The van der Waals surface area contributed by atoms with E-state index in [2.05, 4.69) is 18.3 Å². The molecule has 1 aliphatic heterocycles. The van der Waals surface area contributed by atoms with E-state index in [1.807, 2.05) is 0 Å². The summed E-state index contributed by atoms with van der Waals surface area (Å²) in [7, 11) is 0. The van der Waals surface area contributed by atoms with E-state index in [0.29, 0.717) is 31.5 Å². The number of amides is 1. The van der Waals surface area contributed by atoms with Gasteiger partial charge in [0, 0.05) is 19.8 Å². The minimum atomic E-state index is -0.845. The van der Waals surface area contributed by atoms with Gasteiger partial charge in [-0.2, -0.15) is 5.26 Å². The van der Waals surface area contributed by atoms with E-state index in [1.165, 1.54) is 12.8 Å². The third-order valence-corrected chi connectivity index (χ3v) is 4.33. The van der Waals surface area contributed by atoms with Crippen LogP contribution in [0.4, 0.5) is 0 Å². The van der Waals surface area contributed by atoms with Crippen LogP contribution < -0.4 is 5.32 Å². The number of rotatable bonds is 4. The number of hydrogen-bond acceptors (Lipinski definition) is 3. The Balaban J connectivity index is 1.91. The van der Waals surface area contributed by atoms with Crippen molar-refractivity contribution in [1.29, 1.82) is 5.26 Å². The van der Waals surface area contributed by atoms with Crippen molar-refractivity contribution in [1.82, 2.24) is 5.32 Å². The Kier molecular flexibility index (Phi) is 3.39. The lowest BCUT2D eigenvalue weighted by atomic mass is 9.80. The minimum absolute atomic E-state index is 0.0944. The highest BCUT2D eigenvalue weighted by atomic mass is 16.5. The molecule has 2 fully saturated rings. The van der Waals surface area contributed by atoms with E-state index in [9.17, 15) is 10.1 Å². The average Bonchev–Trinajstić information content (AvgIpc) is 3.17. The van der Waals surface area contributed by atoms with Gasteiger partial charge in [0.15, 0.2) is 0 Å². The molecule has 1 aliphatic carbocycles. The highest BCUT2D eigenvalue weighted by Crippen LogP contribution is 2.48. The van der Waals surface area contributed by atoms with Crippen LogP contribution >= 0.6 is 0 Å². The molecule has 0 unspecified atom stereocenters. The Morgan fingerprint density at radius 2 is 2.00 bits per heavy atom. The van der Waals surface area contributed by atoms with Crippen LogP contribution in [-0.4, -0.2) is 25.7 Å². The van der Waals surface area contributed by atoms with Gasteiger partial charge in [0.2, 0.25) is 5.91 Å². The molecule has 0 aromatic carbocycles. The Hall–Kier alpha value is -1.08. The number of nitriles is 1. The first-order valence-electron chi connectivity index (χ1n) is 6.44. The third-order valence-electron chi connectivity index (χ3n) is 4.33. The first-order valence-corrected chi connectivity index (χ1v) is 6.44. The molecular weight excluding hydrogens is 216 g/mol. The minimum Gasteiger partial charge on any atom is -0.381 e. The molecule has 94 valence electrons. The molecule has 2 rings (SSSR count). The summed E-state index contributed by atoms with van der Waals surface area (Å²) in [5.41, 5.74) is -0.514. The normalized spacial score (nSPS) is 24.7. The van der Waals surface area contributed by atoms with Crippen molar-refractivity contribution in [3.8, 4) is 6.07 Å². The van der Waals surface area contributed by atoms with Gasteiger partial charge in [-0.3, -0.25) is 4.79 Å². The maximum atomic E-state index is 12.2. The molecule has 1 N–H and O–H groups in total. The van der Waals surface area contributed by atoms with Crippen molar-refractivity contribution in [2.75, 3.05) is 19.8 Å². The van der Waals surface area contributed by atoms with Gasteiger partial charge in [0.05, 0.1) is 6.07 Å². The van der Waals surface area contributed by atoms with Gasteiger partial charge in [-0.15, -0.1) is 0 Å². The van der Waals surface area contributed by atoms with Crippen LogP contribution in [0.25, 0.3) is 0 Å². The van der Waals surface area contributed by atoms with Crippen LogP contribution in [0.3, 0.4) is 0 Å². The molecule has 0 atom stereocenters. The van der Waals surface area contributed by atoms with Gasteiger partial charge < -0.3 is 10.1 Å². The Morgan fingerprint density at radius 1 is 1.35 bits per heavy atom. The second-order valence-corrected chi connectivity index (χ2v) is 5.34. The van der Waals surface area contributed by atoms with Crippen LogP contribution in [0.15, 0.2) is 0 Å². The molecule has 1 amide bonds. The van der Waals surface area contributed by atoms with Crippen molar-refractivity contribution < 1.29 is 9.53 Å². The second kappa shape index (κ2) is 4.66. The Labute approximate surface area is 102 Å². The molecule has 17 heavy (non-hydrogen) atoms. The topological polar surface area (TPSA) is 62.1 Å². The van der Waals surface area contributed by atoms with Crippen LogP contribution in [0.2, 0.25) is 0 Å². The first kappa shape index (κ1) is 12.4. The van der Waals surface area contributed by atoms with Crippen molar-refractivity contribution >= 4 is 5.91 Å². The molecule has 0 radical (unpaired) electrons. The van der Waals surface area contributed by atoms with E-state index < -0.39 is 5.41 Å². The molecule has 4 heteroatoms. The number of hydrogen-bond donors (Lipinski definition) is 1. The smallest absolute Gasteiger partial charge is 0.240 e. The number of ether oxygens (including phenoxy) is 1. The molecule has 1 heterocycles. The molecule has 0 spiro atoms. The first-order chi connectivity index (χ1) is 8.16. The van der Waals surface area contributed by atoms with E-state index in [0.717, 1.165) is 13.0 Å². The van der Waals surface area contributed by atoms with E-state index in [1.54, 1.807) is 0 Å². The molecule has 0 aromatic rings. The second-order valence-electron chi connectivity index (χ2n) is 5.34. The molecule has 1 saturated heterocycles. The van der Waals surface area contributed by atoms with Crippen LogP contribution in [0.5, 0.6) is 0 Å². The zero-order chi connectivity index (χ0) is 12.4. The predicted molar refractivity (Wildman–Crippen MR) is 63.1 cm³/mol. The SMILES string of the molecule is CCC1(CNC(=O)C2(C#N)CCOCC2)CC1. The lowest BCUT2D eigenvalue weighted by Gasteiger charge is -2.30. The summed E-state index contributed by atoms with van der Waals surface area (Å²) >= 11 is 0. The van der Waals surface area contributed by atoms with Gasteiger partial charge in [0.25, 0.3) is 0 Å². The number of nitrogens with zero attached hydrogens (tertiary/aromatic N) is 1. The predicted octanol–water partition coefficient (Wildman–Crippen LogP) is 1.61. The van der Waals surface area contributed by atoms with Gasteiger partial charge >= 0.3 is 0 Å². The number of carbonyl (C=O) groups is 1. The third kappa shape index (κ3) is 2.44. The molecule has 0 bridgehead atoms. The van der Waals surface area contributed by atoms with Crippen molar-refractivity contribution in [3.05, 3.63) is 0 Å². The maximum absolute atomic E-state index is 12.2. The molecular formula is C13H20N2O2. The Morgan fingerprint density at radius 3 is 2.47 bits per heavy atom. The number of carbonyl (C=O) groups excluding carboxylic acids is 1. The van der Waals surface area contributed by atoms with Crippen LogP contribution in [0.1, 0.15) is 39.0 Å². The highest BCUT2D eigenvalue weighted by molar-refractivity contribution is 5.85.